The first-order chi connectivity index (χ1) is 14.1. The predicted octanol–water partition coefficient (Wildman–Crippen LogP) is 4.72. The fourth-order valence-electron chi connectivity index (χ4n) is 2.99. The molecule has 2 N–H and O–H groups in total. The lowest BCUT2D eigenvalue weighted by Crippen LogP contribution is -2.34. The number of nitrogens with zero attached hydrogens (tertiary/aromatic N) is 2. The number of alkyl carbamates (subject to hydrolysis) is 1. The maximum Gasteiger partial charge on any atom is 0.408 e. The average Bonchev–Trinajstić information content (AvgIpc) is 2.65. The molecule has 1 atom stereocenters. The normalized spacial score (nSPS) is 12.4. The lowest BCUT2D eigenvalue weighted by molar-refractivity contribution is -0.613. The Bertz CT molecular complexity index is 1070. The van der Waals surface area contributed by atoms with Crippen molar-refractivity contribution in [2.24, 2.45) is 0 Å². The van der Waals surface area contributed by atoms with Gasteiger partial charge in [0.05, 0.1) is 16.6 Å². The molecule has 3 rings (SSSR count). The molecular weight excluding hydrogens is 404 g/mol. The maximum atomic E-state index is 12.3. The lowest BCUT2D eigenvalue weighted by atomic mass is 10.1. The van der Waals surface area contributed by atoms with Gasteiger partial charge in [-0.25, -0.2) is 9.78 Å². The van der Waals surface area contributed by atoms with Crippen molar-refractivity contribution in [1.29, 1.82) is 0 Å². The molecule has 1 amide bonds. The van der Waals surface area contributed by atoms with Crippen molar-refractivity contribution in [3.8, 4) is 0 Å². The highest BCUT2D eigenvalue weighted by Crippen LogP contribution is 2.30. The summed E-state index contributed by atoms with van der Waals surface area (Å²) in [5.74, 6) is 0.531. The number of aromatic nitrogens is 2. The average molecular weight is 429 g/mol. The summed E-state index contributed by atoms with van der Waals surface area (Å²) in [6.07, 6.45) is 0.919. The number of amides is 1. The van der Waals surface area contributed by atoms with Crippen molar-refractivity contribution in [2.75, 3.05) is 5.32 Å². The Morgan fingerprint density at radius 3 is 2.73 bits per heavy atom. The number of carbonyl (C=O) groups is 1. The van der Waals surface area contributed by atoms with Gasteiger partial charge in [0.15, 0.2) is 6.20 Å². The second-order valence-corrected chi connectivity index (χ2v) is 8.38. The fourth-order valence-corrected chi connectivity index (χ4v) is 3.21. The lowest BCUT2D eigenvalue weighted by Gasteiger charge is -2.23. The van der Waals surface area contributed by atoms with Gasteiger partial charge in [-0.3, -0.25) is 0 Å². The van der Waals surface area contributed by atoms with E-state index in [1.807, 2.05) is 45.9 Å². The van der Waals surface area contributed by atoms with Gasteiger partial charge < -0.3 is 20.6 Å². The summed E-state index contributed by atoms with van der Waals surface area (Å²) in [5, 5.41) is 19.4. The minimum atomic E-state index is -0.602. The van der Waals surface area contributed by atoms with E-state index >= 15 is 0 Å². The quantitative estimate of drug-likeness (QED) is 0.453. The summed E-state index contributed by atoms with van der Waals surface area (Å²) in [5.41, 5.74) is 1.33. The number of carbonyl (C=O) groups excluding carboxylic acids is 1. The number of fused-ring (bicyclic) bond motifs is 1. The van der Waals surface area contributed by atoms with E-state index in [-0.39, 0.29) is 6.54 Å². The predicted molar refractivity (Wildman–Crippen MR) is 117 cm³/mol. The van der Waals surface area contributed by atoms with Crippen LogP contribution in [0.1, 0.15) is 45.0 Å². The Labute approximate surface area is 180 Å². The van der Waals surface area contributed by atoms with Crippen LogP contribution >= 0.6 is 11.6 Å². The van der Waals surface area contributed by atoms with Gasteiger partial charge >= 0.3 is 6.09 Å². The first-order valence-corrected chi connectivity index (χ1v) is 10.0. The maximum absolute atomic E-state index is 12.3. The number of para-hydroxylation sites is 1. The van der Waals surface area contributed by atoms with E-state index in [0.29, 0.717) is 22.1 Å². The second-order valence-electron chi connectivity index (χ2n) is 7.98. The highest BCUT2D eigenvalue weighted by molar-refractivity contribution is 6.35. The molecule has 0 saturated heterocycles. The highest BCUT2D eigenvalue weighted by atomic mass is 35.5. The van der Waals surface area contributed by atoms with Crippen LogP contribution in [0.5, 0.6) is 0 Å². The van der Waals surface area contributed by atoms with Crippen molar-refractivity contribution in [1.82, 2.24) is 10.3 Å². The van der Waals surface area contributed by atoms with E-state index < -0.39 is 17.7 Å². The second kappa shape index (κ2) is 8.75. The number of hydrogen-bond acceptors (Lipinski definition) is 5. The molecule has 7 nitrogen and oxygen atoms in total. The molecule has 8 heteroatoms. The van der Waals surface area contributed by atoms with E-state index in [9.17, 15) is 10.0 Å². The number of hydrogen-bond donors (Lipinski definition) is 2. The number of nitrogens with one attached hydrogen (secondary N) is 2. The summed E-state index contributed by atoms with van der Waals surface area (Å²) < 4.78 is 6.16. The van der Waals surface area contributed by atoms with Gasteiger partial charge in [-0.1, -0.05) is 23.7 Å². The zero-order chi connectivity index (χ0) is 21.9. The van der Waals surface area contributed by atoms with E-state index in [0.717, 1.165) is 15.7 Å². The number of halogens is 1. The van der Waals surface area contributed by atoms with Gasteiger partial charge in [0.2, 0.25) is 5.69 Å². The van der Waals surface area contributed by atoms with Crippen LogP contribution in [0.3, 0.4) is 0 Å². The first kappa shape index (κ1) is 21.6. The number of benzene rings is 1. The molecule has 0 radical (unpaired) electrons. The Hall–Kier alpha value is -3.06. The molecule has 0 bridgehead atoms. The van der Waals surface area contributed by atoms with Crippen LogP contribution in [0.4, 0.5) is 10.6 Å². The van der Waals surface area contributed by atoms with Crippen molar-refractivity contribution < 1.29 is 14.3 Å². The summed E-state index contributed by atoms with van der Waals surface area (Å²) in [6.45, 7) is 7.53. The van der Waals surface area contributed by atoms with Crippen molar-refractivity contribution in [3.63, 3.8) is 0 Å². The van der Waals surface area contributed by atoms with E-state index in [1.54, 1.807) is 24.3 Å². The molecule has 2 heterocycles. The number of anilines is 1. The van der Waals surface area contributed by atoms with E-state index in [1.165, 1.54) is 6.20 Å². The molecule has 0 saturated carbocycles. The Kier molecular flexibility index (Phi) is 6.31. The molecule has 0 spiro atoms. The molecule has 0 aliphatic heterocycles. The number of pyridine rings is 2. The zero-order valence-corrected chi connectivity index (χ0v) is 18.2. The highest BCUT2D eigenvalue weighted by Gasteiger charge is 2.21. The van der Waals surface area contributed by atoms with Gasteiger partial charge in [-0.15, -0.1) is 0 Å². The zero-order valence-electron chi connectivity index (χ0n) is 17.4. The van der Waals surface area contributed by atoms with Crippen molar-refractivity contribution in [2.45, 2.75) is 45.9 Å². The topological polar surface area (TPSA) is 90.2 Å². The van der Waals surface area contributed by atoms with Crippen LogP contribution < -0.4 is 15.4 Å². The van der Waals surface area contributed by atoms with Crippen molar-refractivity contribution in [3.05, 3.63) is 70.1 Å². The van der Waals surface area contributed by atoms with Gasteiger partial charge in [-0.05, 0) is 45.9 Å². The third-order valence-electron chi connectivity index (χ3n) is 4.37. The smallest absolute Gasteiger partial charge is 0.408 e. The first-order valence-electron chi connectivity index (χ1n) is 9.63. The van der Waals surface area contributed by atoms with Crippen molar-refractivity contribution >= 4 is 34.4 Å². The van der Waals surface area contributed by atoms with Crippen LogP contribution in [0.25, 0.3) is 10.9 Å². The standard InChI is InChI=1S/C22H25ClN4O3/c1-14(25-21(28)30-22(2,3)4)17-12-15-8-7-10-18(23)19(15)26-20(17)24-13-16-9-5-6-11-27(16)29/h5-12,14H,13H2,1-4H3,(H,24,26)(H,25,28). The number of rotatable bonds is 5. The van der Waals surface area contributed by atoms with Crippen LogP contribution in [-0.2, 0) is 11.3 Å². The molecule has 3 aromatic rings. The fraction of sp³-hybridized carbons (Fsp3) is 0.318. The van der Waals surface area contributed by atoms with Crippen LogP contribution in [0.15, 0.2) is 48.7 Å². The molecule has 30 heavy (non-hydrogen) atoms. The minimum absolute atomic E-state index is 0.263. The molecule has 0 aliphatic rings. The van der Waals surface area contributed by atoms with Gasteiger partial charge in [0, 0.05) is 23.1 Å². The van der Waals surface area contributed by atoms with Gasteiger partial charge in [0.1, 0.15) is 18.0 Å². The Balaban J connectivity index is 1.93. The number of ether oxygens (including phenoxy) is 1. The summed E-state index contributed by atoms with van der Waals surface area (Å²) in [4.78, 5) is 16.9. The van der Waals surface area contributed by atoms with Crippen LogP contribution in [-0.4, -0.2) is 16.7 Å². The van der Waals surface area contributed by atoms with Gasteiger partial charge in [0.25, 0.3) is 0 Å². The van der Waals surface area contributed by atoms with Crippen LogP contribution in [0, 0.1) is 5.21 Å². The SMILES string of the molecule is CC(NC(=O)OC(C)(C)C)c1cc2cccc(Cl)c2nc1NCc1cccc[n+]1[O-]. The Morgan fingerprint density at radius 2 is 2.03 bits per heavy atom. The molecule has 158 valence electrons. The minimum Gasteiger partial charge on any atom is -0.618 e. The van der Waals surface area contributed by atoms with Gasteiger partial charge in [-0.2, -0.15) is 4.73 Å². The third-order valence-corrected chi connectivity index (χ3v) is 4.67. The molecule has 0 aliphatic carbocycles. The van der Waals surface area contributed by atoms with E-state index in [4.69, 9.17) is 16.3 Å². The molecular formula is C22H25ClN4O3. The third kappa shape index (κ3) is 5.30. The molecule has 2 aromatic heterocycles. The summed E-state index contributed by atoms with van der Waals surface area (Å²) in [6, 6.07) is 12.3. The monoisotopic (exact) mass is 428 g/mol. The molecule has 0 fully saturated rings. The molecule has 1 aromatic carbocycles. The largest absolute Gasteiger partial charge is 0.618 e. The van der Waals surface area contributed by atoms with Crippen LogP contribution in [0.2, 0.25) is 5.02 Å². The Morgan fingerprint density at radius 1 is 1.27 bits per heavy atom. The summed E-state index contributed by atoms with van der Waals surface area (Å²) >= 11 is 6.33. The molecule has 1 unspecified atom stereocenters. The summed E-state index contributed by atoms with van der Waals surface area (Å²) in [7, 11) is 0. The van der Waals surface area contributed by atoms with E-state index in [2.05, 4.69) is 15.6 Å².